The Balaban J connectivity index is 2.20. The lowest BCUT2D eigenvalue weighted by Crippen LogP contribution is -2.44. The molecule has 0 aliphatic carbocycles. The third-order valence-electron chi connectivity index (χ3n) is 2.70. The number of morpholine rings is 1. The van der Waals surface area contributed by atoms with Crippen molar-refractivity contribution >= 4 is 5.91 Å². The summed E-state index contributed by atoms with van der Waals surface area (Å²) in [6.07, 6.45) is 3.34. The fraction of sp³-hybridized carbons (Fsp3) is 0.455. The highest BCUT2D eigenvalue weighted by Gasteiger charge is 2.26. The van der Waals surface area contributed by atoms with Crippen LogP contribution in [-0.4, -0.2) is 42.1 Å². The smallest absolute Gasteiger partial charge is 0.239 e. The molecule has 16 heavy (non-hydrogen) atoms. The summed E-state index contributed by atoms with van der Waals surface area (Å²) in [4.78, 5) is 17.5. The van der Waals surface area contributed by atoms with Crippen molar-refractivity contribution in [2.45, 2.75) is 6.04 Å². The lowest BCUT2D eigenvalue weighted by atomic mass is 10.1. The van der Waals surface area contributed by atoms with Crippen molar-refractivity contribution in [1.82, 2.24) is 9.88 Å². The number of carbonyl (C=O) groups excluding carboxylic acids is 1. The van der Waals surface area contributed by atoms with E-state index in [0.717, 1.165) is 18.7 Å². The molecule has 1 aliphatic heterocycles. The van der Waals surface area contributed by atoms with Crippen LogP contribution < -0.4 is 5.73 Å². The number of pyridine rings is 1. The quantitative estimate of drug-likeness (QED) is 0.776. The first kappa shape index (κ1) is 11.0. The van der Waals surface area contributed by atoms with Gasteiger partial charge in [0.25, 0.3) is 0 Å². The summed E-state index contributed by atoms with van der Waals surface area (Å²) in [7, 11) is 0. The number of hydrogen-bond acceptors (Lipinski definition) is 4. The first-order valence-electron chi connectivity index (χ1n) is 5.30. The van der Waals surface area contributed by atoms with Gasteiger partial charge in [0.05, 0.1) is 13.2 Å². The van der Waals surface area contributed by atoms with E-state index in [2.05, 4.69) is 4.98 Å². The van der Waals surface area contributed by atoms with Gasteiger partial charge in [0, 0.05) is 25.5 Å². The molecule has 1 amide bonds. The van der Waals surface area contributed by atoms with Gasteiger partial charge in [-0.25, -0.2) is 0 Å². The Hall–Kier alpha value is -1.46. The van der Waals surface area contributed by atoms with E-state index in [1.54, 1.807) is 12.4 Å². The Morgan fingerprint density at radius 3 is 2.56 bits per heavy atom. The number of nitrogens with two attached hydrogens (primary N) is 1. The number of ether oxygens (including phenoxy) is 1. The van der Waals surface area contributed by atoms with Gasteiger partial charge in [-0.15, -0.1) is 0 Å². The van der Waals surface area contributed by atoms with Gasteiger partial charge in [0.2, 0.25) is 5.91 Å². The van der Waals surface area contributed by atoms with Crippen molar-refractivity contribution in [2.75, 3.05) is 26.3 Å². The third-order valence-corrected chi connectivity index (χ3v) is 2.70. The largest absolute Gasteiger partial charge is 0.379 e. The van der Waals surface area contributed by atoms with Crippen molar-refractivity contribution in [3.63, 3.8) is 0 Å². The monoisotopic (exact) mass is 221 g/mol. The molecule has 1 atom stereocenters. The topological polar surface area (TPSA) is 68.5 Å². The fourth-order valence-corrected chi connectivity index (χ4v) is 1.94. The molecule has 1 aliphatic rings. The van der Waals surface area contributed by atoms with Gasteiger partial charge in [-0.05, 0) is 17.7 Å². The second kappa shape index (κ2) is 5.05. The fourth-order valence-electron chi connectivity index (χ4n) is 1.94. The maximum atomic E-state index is 11.5. The van der Waals surface area contributed by atoms with Crippen LogP contribution in [0.15, 0.2) is 24.5 Å². The van der Waals surface area contributed by atoms with Crippen LogP contribution in [0.2, 0.25) is 0 Å². The highest BCUT2D eigenvalue weighted by atomic mass is 16.5. The van der Waals surface area contributed by atoms with E-state index in [1.165, 1.54) is 0 Å². The zero-order chi connectivity index (χ0) is 11.4. The summed E-state index contributed by atoms with van der Waals surface area (Å²) in [5.74, 6) is -0.326. The summed E-state index contributed by atoms with van der Waals surface area (Å²) in [5.41, 5.74) is 6.35. The summed E-state index contributed by atoms with van der Waals surface area (Å²) in [6, 6.07) is 3.28. The van der Waals surface area contributed by atoms with E-state index in [0.29, 0.717) is 13.2 Å². The minimum Gasteiger partial charge on any atom is -0.379 e. The molecular formula is C11H15N3O2. The minimum absolute atomic E-state index is 0.326. The maximum Gasteiger partial charge on any atom is 0.239 e. The molecule has 1 saturated heterocycles. The van der Waals surface area contributed by atoms with Crippen molar-refractivity contribution in [2.24, 2.45) is 5.73 Å². The molecule has 1 aromatic heterocycles. The highest BCUT2D eigenvalue weighted by molar-refractivity contribution is 5.81. The van der Waals surface area contributed by atoms with Crippen LogP contribution in [-0.2, 0) is 9.53 Å². The van der Waals surface area contributed by atoms with E-state index < -0.39 is 0 Å². The van der Waals surface area contributed by atoms with Gasteiger partial charge >= 0.3 is 0 Å². The minimum atomic E-state index is -0.369. The zero-order valence-corrected chi connectivity index (χ0v) is 9.00. The van der Waals surface area contributed by atoms with Crippen LogP contribution in [0.4, 0.5) is 0 Å². The van der Waals surface area contributed by atoms with Crippen molar-refractivity contribution in [3.8, 4) is 0 Å². The molecule has 0 saturated carbocycles. The number of amides is 1. The SMILES string of the molecule is NC(=O)[C@H](c1ccncc1)N1CCOCC1. The number of nitrogens with zero attached hydrogens (tertiary/aromatic N) is 2. The molecule has 0 radical (unpaired) electrons. The van der Waals surface area contributed by atoms with Crippen molar-refractivity contribution in [3.05, 3.63) is 30.1 Å². The highest BCUT2D eigenvalue weighted by Crippen LogP contribution is 2.20. The number of primary amides is 1. The maximum absolute atomic E-state index is 11.5. The number of hydrogen-bond donors (Lipinski definition) is 1. The number of carbonyl (C=O) groups is 1. The normalized spacial score (nSPS) is 19.2. The molecule has 2 heterocycles. The van der Waals surface area contributed by atoms with Gasteiger partial charge in [0.1, 0.15) is 6.04 Å². The molecule has 86 valence electrons. The van der Waals surface area contributed by atoms with E-state index >= 15 is 0 Å². The molecule has 0 bridgehead atoms. The van der Waals surface area contributed by atoms with Crippen LogP contribution in [0.5, 0.6) is 0 Å². The number of rotatable bonds is 3. The van der Waals surface area contributed by atoms with Crippen LogP contribution >= 0.6 is 0 Å². The zero-order valence-electron chi connectivity index (χ0n) is 9.00. The van der Waals surface area contributed by atoms with Crippen molar-refractivity contribution < 1.29 is 9.53 Å². The van der Waals surface area contributed by atoms with Gasteiger partial charge in [-0.2, -0.15) is 0 Å². The Bertz CT molecular complexity index is 350. The Labute approximate surface area is 94.2 Å². The van der Waals surface area contributed by atoms with Crippen LogP contribution in [0.1, 0.15) is 11.6 Å². The summed E-state index contributed by atoms with van der Waals surface area (Å²) < 4.78 is 5.26. The van der Waals surface area contributed by atoms with Gasteiger partial charge in [-0.1, -0.05) is 0 Å². The molecule has 0 unspecified atom stereocenters. The second-order valence-corrected chi connectivity index (χ2v) is 3.73. The number of aromatic nitrogens is 1. The Kier molecular flexibility index (Phi) is 3.48. The molecule has 1 fully saturated rings. The average molecular weight is 221 g/mol. The van der Waals surface area contributed by atoms with Crippen molar-refractivity contribution in [1.29, 1.82) is 0 Å². The average Bonchev–Trinajstić information content (AvgIpc) is 2.31. The predicted molar refractivity (Wildman–Crippen MR) is 58.6 cm³/mol. The lowest BCUT2D eigenvalue weighted by molar-refractivity contribution is -0.125. The first-order chi connectivity index (χ1) is 7.79. The van der Waals surface area contributed by atoms with E-state index in [-0.39, 0.29) is 11.9 Å². The summed E-state index contributed by atoms with van der Waals surface area (Å²) in [6.45, 7) is 2.76. The van der Waals surface area contributed by atoms with Gasteiger partial charge < -0.3 is 10.5 Å². The molecule has 0 aromatic carbocycles. The Morgan fingerprint density at radius 1 is 1.38 bits per heavy atom. The van der Waals surface area contributed by atoms with E-state index in [9.17, 15) is 4.79 Å². The van der Waals surface area contributed by atoms with Crippen LogP contribution in [0, 0.1) is 0 Å². The second-order valence-electron chi connectivity index (χ2n) is 3.73. The summed E-state index contributed by atoms with van der Waals surface area (Å²) >= 11 is 0. The molecule has 2 rings (SSSR count). The molecular weight excluding hydrogens is 206 g/mol. The molecule has 2 N–H and O–H groups in total. The standard InChI is InChI=1S/C11H15N3O2/c12-11(15)10(9-1-3-13-4-2-9)14-5-7-16-8-6-14/h1-4,10H,5-8H2,(H2,12,15)/t10-/m0/s1. The first-order valence-corrected chi connectivity index (χ1v) is 5.30. The van der Waals surface area contributed by atoms with Crippen LogP contribution in [0.25, 0.3) is 0 Å². The molecule has 5 heteroatoms. The van der Waals surface area contributed by atoms with Crippen LogP contribution in [0.3, 0.4) is 0 Å². The van der Waals surface area contributed by atoms with E-state index in [1.807, 2.05) is 17.0 Å². The molecule has 0 spiro atoms. The third kappa shape index (κ3) is 2.37. The van der Waals surface area contributed by atoms with Gasteiger partial charge in [-0.3, -0.25) is 14.7 Å². The Morgan fingerprint density at radius 2 is 2.00 bits per heavy atom. The van der Waals surface area contributed by atoms with Gasteiger partial charge in [0.15, 0.2) is 0 Å². The molecule has 5 nitrogen and oxygen atoms in total. The van der Waals surface area contributed by atoms with E-state index in [4.69, 9.17) is 10.5 Å². The summed E-state index contributed by atoms with van der Waals surface area (Å²) in [5, 5.41) is 0. The predicted octanol–water partition coefficient (Wildman–Crippen LogP) is -0.0598. The molecule has 1 aromatic rings. The lowest BCUT2D eigenvalue weighted by Gasteiger charge is -2.32.